The van der Waals surface area contributed by atoms with Crippen molar-refractivity contribution < 1.29 is 14.6 Å². The summed E-state index contributed by atoms with van der Waals surface area (Å²) in [6.07, 6.45) is 11.5. The minimum Gasteiger partial charge on any atom is -0.462 e. The standard InChI is InChI=1S/C18H30O3/c1-3-14(2)17(20)21-13-18(12-19,15-8-4-5-9-15)16-10-6-7-11-16/h3,15-16,19H,4-13H2,1-2H3. The second-order valence-corrected chi connectivity index (χ2v) is 6.90. The van der Waals surface area contributed by atoms with Gasteiger partial charge in [0.05, 0.1) is 13.2 Å². The van der Waals surface area contributed by atoms with Crippen LogP contribution in [0.25, 0.3) is 0 Å². The van der Waals surface area contributed by atoms with E-state index < -0.39 is 0 Å². The van der Waals surface area contributed by atoms with Crippen molar-refractivity contribution in [3.05, 3.63) is 11.6 Å². The fourth-order valence-corrected chi connectivity index (χ4v) is 4.31. The van der Waals surface area contributed by atoms with Crippen LogP contribution in [0.5, 0.6) is 0 Å². The molecule has 2 saturated carbocycles. The van der Waals surface area contributed by atoms with Crippen LogP contribution < -0.4 is 0 Å². The van der Waals surface area contributed by atoms with Gasteiger partial charge in [0, 0.05) is 11.0 Å². The molecule has 1 N–H and O–H groups in total. The first kappa shape index (κ1) is 16.5. The van der Waals surface area contributed by atoms with Crippen molar-refractivity contribution >= 4 is 5.97 Å². The molecule has 3 heteroatoms. The highest BCUT2D eigenvalue weighted by Gasteiger charge is 2.47. The van der Waals surface area contributed by atoms with Crippen molar-refractivity contribution in [3.63, 3.8) is 0 Å². The molecule has 0 aliphatic heterocycles. The number of ether oxygens (including phenoxy) is 1. The van der Waals surface area contributed by atoms with Gasteiger partial charge in [0.25, 0.3) is 0 Å². The van der Waals surface area contributed by atoms with Gasteiger partial charge in [-0.25, -0.2) is 4.79 Å². The highest BCUT2D eigenvalue weighted by Crippen LogP contribution is 2.50. The third kappa shape index (κ3) is 3.50. The number of allylic oxidation sites excluding steroid dienone is 1. The molecule has 0 heterocycles. The number of carbonyl (C=O) groups excluding carboxylic acids is 1. The lowest BCUT2D eigenvalue weighted by molar-refractivity contribution is -0.148. The Morgan fingerprint density at radius 3 is 2.00 bits per heavy atom. The number of hydrogen-bond donors (Lipinski definition) is 1. The molecule has 0 atom stereocenters. The van der Waals surface area contributed by atoms with Crippen LogP contribution in [0.3, 0.4) is 0 Å². The first-order chi connectivity index (χ1) is 10.1. The lowest BCUT2D eigenvalue weighted by Crippen LogP contribution is -2.44. The second-order valence-electron chi connectivity index (χ2n) is 6.90. The van der Waals surface area contributed by atoms with E-state index in [0.717, 1.165) is 0 Å². The zero-order chi connectivity index (χ0) is 15.3. The number of rotatable bonds is 6. The number of esters is 1. The van der Waals surface area contributed by atoms with E-state index in [2.05, 4.69) is 0 Å². The van der Waals surface area contributed by atoms with Crippen LogP contribution in [0.1, 0.15) is 65.2 Å². The van der Waals surface area contributed by atoms with E-state index in [1.165, 1.54) is 51.4 Å². The average Bonchev–Trinajstić information content (AvgIpc) is 3.21. The average molecular weight is 294 g/mol. The second kappa shape index (κ2) is 7.44. The maximum atomic E-state index is 12.0. The molecule has 0 aromatic rings. The maximum Gasteiger partial charge on any atom is 0.333 e. The molecule has 0 saturated heterocycles. The lowest BCUT2D eigenvalue weighted by atomic mass is 9.66. The summed E-state index contributed by atoms with van der Waals surface area (Å²) in [6, 6.07) is 0. The molecule has 0 spiro atoms. The number of aliphatic hydroxyl groups is 1. The van der Waals surface area contributed by atoms with Gasteiger partial charge >= 0.3 is 5.97 Å². The van der Waals surface area contributed by atoms with Crippen LogP contribution in [-0.2, 0) is 9.53 Å². The summed E-state index contributed by atoms with van der Waals surface area (Å²) >= 11 is 0. The Morgan fingerprint density at radius 2 is 1.62 bits per heavy atom. The van der Waals surface area contributed by atoms with Crippen LogP contribution in [-0.4, -0.2) is 24.3 Å². The quantitative estimate of drug-likeness (QED) is 0.598. The molecule has 2 rings (SSSR count). The zero-order valence-electron chi connectivity index (χ0n) is 13.6. The molecule has 120 valence electrons. The molecular weight excluding hydrogens is 264 g/mol. The molecule has 21 heavy (non-hydrogen) atoms. The monoisotopic (exact) mass is 294 g/mol. The van der Waals surface area contributed by atoms with Crippen LogP contribution >= 0.6 is 0 Å². The molecule has 0 unspecified atom stereocenters. The van der Waals surface area contributed by atoms with Gasteiger partial charge in [-0.1, -0.05) is 31.8 Å². The third-order valence-corrected chi connectivity index (χ3v) is 5.86. The summed E-state index contributed by atoms with van der Waals surface area (Å²) in [5.74, 6) is 0.806. The van der Waals surface area contributed by atoms with E-state index in [4.69, 9.17) is 4.74 Å². The van der Waals surface area contributed by atoms with Crippen LogP contribution in [0, 0.1) is 17.3 Å². The van der Waals surface area contributed by atoms with Gasteiger partial charge in [0.2, 0.25) is 0 Å². The smallest absolute Gasteiger partial charge is 0.333 e. The molecule has 0 bridgehead atoms. The van der Waals surface area contributed by atoms with E-state index in [1.807, 2.05) is 6.92 Å². The normalized spacial score (nSPS) is 22.0. The Labute approximate surface area is 128 Å². The highest BCUT2D eigenvalue weighted by molar-refractivity contribution is 5.87. The summed E-state index contributed by atoms with van der Waals surface area (Å²) in [6.45, 7) is 4.19. The minimum atomic E-state index is -0.230. The number of aliphatic hydroxyl groups excluding tert-OH is 1. The largest absolute Gasteiger partial charge is 0.462 e. The van der Waals surface area contributed by atoms with Gasteiger partial charge in [-0.05, 0) is 51.4 Å². The molecule has 0 amide bonds. The summed E-state index contributed by atoms with van der Waals surface area (Å²) in [7, 11) is 0. The number of hydrogen-bond acceptors (Lipinski definition) is 3. The minimum absolute atomic E-state index is 0.157. The van der Waals surface area contributed by atoms with Crippen LogP contribution in [0.4, 0.5) is 0 Å². The highest BCUT2D eigenvalue weighted by atomic mass is 16.5. The molecule has 2 fully saturated rings. The van der Waals surface area contributed by atoms with Gasteiger partial charge in [0.15, 0.2) is 0 Å². The zero-order valence-corrected chi connectivity index (χ0v) is 13.6. The Balaban J connectivity index is 2.12. The van der Waals surface area contributed by atoms with E-state index >= 15 is 0 Å². The maximum absolute atomic E-state index is 12.0. The van der Waals surface area contributed by atoms with Crippen molar-refractivity contribution in [1.29, 1.82) is 0 Å². The molecular formula is C18H30O3. The van der Waals surface area contributed by atoms with Crippen LogP contribution in [0.2, 0.25) is 0 Å². The summed E-state index contributed by atoms with van der Waals surface area (Å²) in [5, 5.41) is 10.2. The van der Waals surface area contributed by atoms with Gasteiger partial charge in [0.1, 0.15) is 0 Å². The van der Waals surface area contributed by atoms with Crippen molar-refractivity contribution in [2.45, 2.75) is 65.2 Å². The first-order valence-electron chi connectivity index (χ1n) is 8.55. The van der Waals surface area contributed by atoms with Gasteiger partial charge in [-0.3, -0.25) is 0 Å². The van der Waals surface area contributed by atoms with E-state index in [0.29, 0.717) is 24.0 Å². The molecule has 0 radical (unpaired) electrons. The molecule has 0 aromatic heterocycles. The summed E-state index contributed by atoms with van der Waals surface area (Å²) < 4.78 is 5.61. The van der Waals surface area contributed by atoms with Crippen LogP contribution in [0.15, 0.2) is 11.6 Å². The van der Waals surface area contributed by atoms with Crippen molar-refractivity contribution in [3.8, 4) is 0 Å². The van der Waals surface area contributed by atoms with E-state index in [9.17, 15) is 9.90 Å². The fraction of sp³-hybridized carbons (Fsp3) is 0.833. The molecule has 3 nitrogen and oxygen atoms in total. The predicted molar refractivity (Wildman–Crippen MR) is 83.8 cm³/mol. The van der Waals surface area contributed by atoms with E-state index in [-0.39, 0.29) is 18.0 Å². The lowest BCUT2D eigenvalue weighted by Gasteiger charge is -2.42. The van der Waals surface area contributed by atoms with Gasteiger partial charge in [-0.15, -0.1) is 0 Å². The molecule has 0 aromatic carbocycles. The molecule has 2 aliphatic carbocycles. The van der Waals surface area contributed by atoms with Gasteiger partial charge < -0.3 is 9.84 Å². The fourth-order valence-electron chi connectivity index (χ4n) is 4.31. The van der Waals surface area contributed by atoms with E-state index in [1.54, 1.807) is 13.0 Å². The SMILES string of the molecule is CC=C(C)C(=O)OCC(CO)(C1CCCC1)C1CCCC1. The Hall–Kier alpha value is -0.830. The molecule has 2 aliphatic rings. The Bertz CT molecular complexity index is 358. The summed E-state index contributed by atoms with van der Waals surface area (Å²) in [4.78, 5) is 12.0. The predicted octanol–water partition coefficient (Wildman–Crippen LogP) is 3.85. The van der Waals surface area contributed by atoms with Gasteiger partial charge in [-0.2, -0.15) is 0 Å². The van der Waals surface area contributed by atoms with Crippen molar-refractivity contribution in [2.75, 3.05) is 13.2 Å². The third-order valence-electron chi connectivity index (χ3n) is 5.86. The van der Waals surface area contributed by atoms with Crippen molar-refractivity contribution in [1.82, 2.24) is 0 Å². The van der Waals surface area contributed by atoms with Crippen molar-refractivity contribution in [2.24, 2.45) is 17.3 Å². The summed E-state index contributed by atoms with van der Waals surface area (Å²) in [5.41, 5.74) is 0.455. The Morgan fingerprint density at radius 1 is 1.14 bits per heavy atom. The Kier molecular flexibility index (Phi) is 5.86. The number of carbonyl (C=O) groups is 1. The topological polar surface area (TPSA) is 46.5 Å². The first-order valence-corrected chi connectivity index (χ1v) is 8.55.